The van der Waals surface area contributed by atoms with Crippen LogP contribution in [0.15, 0.2) is 41.4 Å². The molecule has 2 heterocycles. The quantitative estimate of drug-likeness (QED) is 0.624. The van der Waals surface area contributed by atoms with Crippen molar-refractivity contribution in [2.24, 2.45) is 7.05 Å². The molecule has 3 rings (SSSR count). The number of esters is 1. The van der Waals surface area contributed by atoms with Gasteiger partial charge in [-0.05, 0) is 30.3 Å². The summed E-state index contributed by atoms with van der Waals surface area (Å²) >= 11 is 0. The van der Waals surface area contributed by atoms with E-state index in [9.17, 15) is 27.2 Å². The molecule has 1 saturated heterocycles. The van der Waals surface area contributed by atoms with E-state index in [-0.39, 0.29) is 36.9 Å². The van der Waals surface area contributed by atoms with Crippen LogP contribution >= 0.6 is 0 Å². The molecule has 12 heteroatoms. The number of hydrogen-bond donors (Lipinski definition) is 1. The Balaban J connectivity index is 1.66. The molecule has 2 amide bonds. The van der Waals surface area contributed by atoms with Gasteiger partial charge in [0.25, 0.3) is 11.8 Å². The van der Waals surface area contributed by atoms with Crippen molar-refractivity contribution < 1.29 is 36.7 Å². The molecule has 0 atom stereocenters. The minimum absolute atomic E-state index is 0.134. The Labute approximate surface area is 177 Å². The summed E-state index contributed by atoms with van der Waals surface area (Å²) in [6.07, 6.45) is 1.61. The molecule has 2 aromatic rings. The van der Waals surface area contributed by atoms with Gasteiger partial charge < -0.3 is 14.0 Å². The number of carbonyl (C=O) groups is 3. The number of aromatic nitrogens is 1. The van der Waals surface area contributed by atoms with Crippen LogP contribution in [-0.2, 0) is 31.3 Å². The molecule has 31 heavy (non-hydrogen) atoms. The number of halogens is 1. The predicted octanol–water partition coefficient (Wildman–Crippen LogP) is 0.299. The maximum Gasteiger partial charge on any atom is 0.341 e. The Bertz CT molecular complexity index is 1110. The fourth-order valence-electron chi connectivity index (χ4n) is 2.89. The van der Waals surface area contributed by atoms with Crippen molar-refractivity contribution >= 4 is 27.8 Å². The van der Waals surface area contributed by atoms with Gasteiger partial charge in [0, 0.05) is 26.3 Å². The van der Waals surface area contributed by atoms with Crippen molar-refractivity contribution in [3.05, 3.63) is 53.6 Å². The van der Waals surface area contributed by atoms with Gasteiger partial charge in [-0.15, -0.1) is 0 Å². The predicted molar refractivity (Wildman–Crippen MR) is 104 cm³/mol. The molecule has 1 fully saturated rings. The van der Waals surface area contributed by atoms with Crippen molar-refractivity contribution in [1.29, 1.82) is 0 Å². The normalized spacial score (nSPS) is 14.8. The van der Waals surface area contributed by atoms with Crippen LogP contribution in [-0.4, -0.2) is 68.0 Å². The first-order chi connectivity index (χ1) is 14.7. The maximum atomic E-state index is 14.1. The third-order valence-corrected chi connectivity index (χ3v) is 6.42. The summed E-state index contributed by atoms with van der Waals surface area (Å²) < 4.78 is 52.0. The smallest absolute Gasteiger partial charge is 0.341 e. The molecular formula is C19H20FN3O7S. The fraction of sp³-hybridized carbons (Fsp3) is 0.316. The number of carbonyl (C=O) groups excluding carboxylic acids is 3. The standard InChI is InChI=1S/C19H20FN3O7S/c1-22-6-2-3-16(22)18(25)21-17(24)12-30-19(26)14-11-13(4-5-15(14)20)31(27,28)23-7-9-29-10-8-23/h2-6,11H,7-10,12H2,1H3,(H,21,24,25). The highest BCUT2D eigenvalue weighted by Gasteiger charge is 2.28. The first-order valence-corrected chi connectivity index (χ1v) is 10.6. The number of ether oxygens (including phenoxy) is 2. The largest absolute Gasteiger partial charge is 0.452 e. The summed E-state index contributed by atoms with van der Waals surface area (Å²) in [5.74, 6) is -3.86. The lowest BCUT2D eigenvalue weighted by atomic mass is 10.2. The molecule has 1 aliphatic rings. The molecule has 1 aromatic carbocycles. The van der Waals surface area contributed by atoms with E-state index >= 15 is 0 Å². The van der Waals surface area contributed by atoms with E-state index in [4.69, 9.17) is 9.47 Å². The molecule has 0 unspecified atom stereocenters. The van der Waals surface area contributed by atoms with E-state index < -0.39 is 45.8 Å². The number of imide groups is 1. The molecule has 1 aromatic heterocycles. The Morgan fingerprint density at radius 2 is 1.90 bits per heavy atom. The summed E-state index contributed by atoms with van der Waals surface area (Å²) in [6, 6.07) is 5.84. The lowest BCUT2D eigenvalue weighted by molar-refractivity contribution is -0.123. The van der Waals surface area contributed by atoms with Crippen molar-refractivity contribution in [2.75, 3.05) is 32.9 Å². The molecule has 0 aliphatic carbocycles. The summed E-state index contributed by atoms with van der Waals surface area (Å²) in [5, 5.41) is 2.04. The van der Waals surface area contributed by atoms with Crippen molar-refractivity contribution in [1.82, 2.24) is 14.2 Å². The molecule has 10 nitrogen and oxygen atoms in total. The van der Waals surface area contributed by atoms with E-state index in [1.807, 2.05) is 5.32 Å². The molecular weight excluding hydrogens is 433 g/mol. The van der Waals surface area contributed by atoms with Crippen LogP contribution in [0.4, 0.5) is 4.39 Å². The summed E-state index contributed by atoms with van der Waals surface area (Å²) in [5.41, 5.74) is -0.428. The first-order valence-electron chi connectivity index (χ1n) is 9.20. The SMILES string of the molecule is Cn1cccc1C(=O)NC(=O)COC(=O)c1cc(S(=O)(=O)N2CCOCC2)ccc1F. The monoisotopic (exact) mass is 453 g/mol. The highest BCUT2D eigenvalue weighted by Crippen LogP contribution is 2.21. The number of sulfonamides is 1. The highest BCUT2D eigenvalue weighted by molar-refractivity contribution is 7.89. The van der Waals surface area contributed by atoms with E-state index in [2.05, 4.69) is 0 Å². The topological polar surface area (TPSA) is 124 Å². The molecule has 1 N–H and O–H groups in total. The van der Waals surface area contributed by atoms with Gasteiger partial charge in [0.2, 0.25) is 10.0 Å². The lowest BCUT2D eigenvalue weighted by Gasteiger charge is -2.26. The van der Waals surface area contributed by atoms with Crippen LogP contribution in [0.2, 0.25) is 0 Å². The molecule has 0 radical (unpaired) electrons. The third kappa shape index (κ3) is 5.16. The van der Waals surface area contributed by atoms with Gasteiger partial charge in [-0.25, -0.2) is 17.6 Å². The number of aryl methyl sites for hydroxylation is 1. The van der Waals surface area contributed by atoms with Gasteiger partial charge in [0.05, 0.1) is 23.7 Å². The summed E-state index contributed by atoms with van der Waals surface area (Å²) in [7, 11) is -2.35. The van der Waals surface area contributed by atoms with Crippen LogP contribution in [0, 0.1) is 5.82 Å². The van der Waals surface area contributed by atoms with Crippen LogP contribution in [0.1, 0.15) is 20.8 Å². The average molecular weight is 453 g/mol. The zero-order chi connectivity index (χ0) is 22.6. The number of morpholine rings is 1. The van der Waals surface area contributed by atoms with Crippen molar-refractivity contribution in [3.8, 4) is 0 Å². The van der Waals surface area contributed by atoms with E-state index in [1.54, 1.807) is 19.3 Å². The Morgan fingerprint density at radius 3 is 2.55 bits per heavy atom. The lowest BCUT2D eigenvalue weighted by Crippen LogP contribution is -2.40. The van der Waals surface area contributed by atoms with Crippen LogP contribution in [0.5, 0.6) is 0 Å². The van der Waals surface area contributed by atoms with Gasteiger partial charge in [-0.3, -0.25) is 14.9 Å². The number of benzene rings is 1. The van der Waals surface area contributed by atoms with Crippen molar-refractivity contribution in [2.45, 2.75) is 4.90 Å². The minimum Gasteiger partial charge on any atom is -0.452 e. The number of hydrogen-bond acceptors (Lipinski definition) is 7. The summed E-state index contributed by atoms with van der Waals surface area (Å²) in [4.78, 5) is 35.8. The van der Waals surface area contributed by atoms with Crippen molar-refractivity contribution in [3.63, 3.8) is 0 Å². The van der Waals surface area contributed by atoms with E-state index in [1.165, 1.54) is 14.9 Å². The minimum atomic E-state index is -3.96. The van der Waals surface area contributed by atoms with Crippen LogP contribution in [0.3, 0.4) is 0 Å². The molecule has 1 aliphatic heterocycles. The highest BCUT2D eigenvalue weighted by atomic mass is 32.2. The first kappa shape index (κ1) is 22.6. The molecule has 166 valence electrons. The van der Waals surface area contributed by atoms with Crippen LogP contribution < -0.4 is 5.32 Å². The summed E-state index contributed by atoms with van der Waals surface area (Å²) in [6.45, 7) is -0.129. The number of rotatable bonds is 6. The second-order valence-electron chi connectivity index (χ2n) is 6.62. The van der Waals surface area contributed by atoms with Gasteiger partial charge in [0.15, 0.2) is 6.61 Å². The Hall–Kier alpha value is -3.09. The Kier molecular flexibility index (Phi) is 6.83. The number of amides is 2. The van der Waals surface area contributed by atoms with Gasteiger partial charge in [-0.1, -0.05) is 0 Å². The number of nitrogens with zero attached hydrogens (tertiary/aromatic N) is 2. The molecule has 0 saturated carbocycles. The third-order valence-electron chi connectivity index (χ3n) is 4.53. The average Bonchev–Trinajstić information content (AvgIpc) is 3.19. The van der Waals surface area contributed by atoms with E-state index in [0.717, 1.165) is 18.2 Å². The Morgan fingerprint density at radius 1 is 1.19 bits per heavy atom. The number of nitrogens with one attached hydrogen (secondary N) is 1. The van der Waals surface area contributed by atoms with Gasteiger partial charge >= 0.3 is 5.97 Å². The van der Waals surface area contributed by atoms with Gasteiger partial charge in [0.1, 0.15) is 11.5 Å². The second kappa shape index (κ2) is 9.37. The van der Waals surface area contributed by atoms with Gasteiger partial charge in [-0.2, -0.15) is 4.31 Å². The van der Waals surface area contributed by atoms with Crippen LogP contribution in [0.25, 0.3) is 0 Å². The second-order valence-corrected chi connectivity index (χ2v) is 8.55. The zero-order valence-electron chi connectivity index (χ0n) is 16.5. The zero-order valence-corrected chi connectivity index (χ0v) is 17.4. The fourth-order valence-corrected chi connectivity index (χ4v) is 4.32. The molecule has 0 bridgehead atoms. The maximum absolute atomic E-state index is 14.1. The molecule has 0 spiro atoms. The van der Waals surface area contributed by atoms with E-state index in [0.29, 0.717) is 0 Å².